The van der Waals surface area contributed by atoms with Crippen molar-refractivity contribution in [3.63, 3.8) is 0 Å². The molecule has 0 saturated heterocycles. The molecule has 6 heteroatoms. The molecule has 54 valence electrons. The predicted octanol–water partition coefficient (Wildman–Crippen LogP) is -0.540. The van der Waals surface area contributed by atoms with Crippen molar-refractivity contribution in [1.29, 1.82) is 0 Å². The van der Waals surface area contributed by atoms with Crippen LogP contribution in [0.25, 0.3) is 0 Å². The third-order valence-electron chi connectivity index (χ3n) is 0.719. The van der Waals surface area contributed by atoms with Crippen molar-refractivity contribution >= 4 is 26.2 Å². The summed E-state index contributed by atoms with van der Waals surface area (Å²) in [7, 11) is 0.0413. The Morgan fingerprint density at radius 2 is 2.44 bits per heavy atom. The van der Waals surface area contributed by atoms with E-state index >= 15 is 0 Å². The maximum Gasteiger partial charge on any atom is 0.323 e. The van der Waals surface area contributed by atoms with Crippen LogP contribution >= 0.6 is 20.2 Å². The van der Waals surface area contributed by atoms with Crippen molar-refractivity contribution in [2.24, 2.45) is 0 Å². The van der Waals surface area contributed by atoms with Crippen LogP contribution in [0.15, 0.2) is 0 Å². The molecule has 0 aromatic heterocycles. The number of aliphatic carboxylic acids is 1. The number of nitrogens with one attached hydrogen (secondary N) is 1. The van der Waals surface area contributed by atoms with E-state index in [9.17, 15) is 4.79 Å². The number of carboxylic acid groups (broad SMARTS) is 1. The minimum Gasteiger partial charge on any atom is -0.480 e. The van der Waals surface area contributed by atoms with Gasteiger partial charge in [0.1, 0.15) is 6.04 Å². The molecule has 0 saturated carbocycles. The SMILES string of the molecule is O=C(O)C(CO)NPS. The minimum absolute atomic E-state index is 0.0413. The van der Waals surface area contributed by atoms with Crippen molar-refractivity contribution in [3.05, 3.63) is 0 Å². The number of thiol groups is 1. The summed E-state index contributed by atoms with van der Waals surface area (Å²) in [6, 6.07) is -0.874. The molecule has 0 rings (SSSR count). The van der Waals surface area contributed by atoms with E-state index in [0.29, 0.717) is 0 Å². The second-order valence-corrected chi connectivity index (χ2v) is 2.51. The van der Waals surface area contributed by atoms with E-state index in [1.165, 1.54) is 0 Å². The van der Waals surface area contributed by atoms with Gasteiger partial charge in [-0.1, -0.05) is 0 Å². The van der Waals surface area contributed by atoms with Crippen molar-refractivity contribution in [1.82, 2.24) is 5.09 Å². The number of carboxylic acids is 1. The van der Waals surface area contributed by atoms with Crippen LogP contribution in [-0.4, -0.2) is 28.8 Å². The van der Waals surface area contributed by atoms with Crippen LogP contribution < -0.4 is 5.09 Å². The van der Waals surface area contributed by atoms with Gasteiger partial charge in [0, 0.05) is 7.93 Å². The summed E-state index contributed by atoms with van der Waals surface area (Å²) in [6.45, 7) is -0.400. The van der Waals surface area contributed by atoms with Gasteiger partial charge < -0.3 is 10.2 Å². The first-order valence-electron chi connectivity index (χ1n) is 2.20. The molecule has 0 aliphatic heterocycles. The van der Waals surface area contributed by atoms with E-state index in [1.807, 2.05) is 0 Å². The first-order valence-corrected chi connectivity index (χ1v) is 4.49. The summed E-state index contributed by atoms with van der Waals surface area (Å²) in [5.74, 6) is -1.06. The average Bonchev–Trinajstić information content (AvgIpc) is 1.82. The zero-order valence-corrected chi connectivity index (χ0v) is 6.43. The fraction of sp³-hybridized carbons (Fsp3) is 0.667. The van der Waals surface area contributed by atoms with Gasteiger partial charge in [0.25, 0.3) is 0 Å². The Bertz CT molecular complexity index is 101. The minimum atomic E-state index is -1.06. The molecule has 9 heavy (non-hydrogen) atoms. The summed E-state index contributed by atoms with van der Waals surface area (Å²) >= 11 is 3.75. The van der Waals surface area contributed by atoms with E-state index in [1.54, 1.807) is 0 Å². The molecule has 4 nitrogen and oxygen atoms in total. The third-order valence-corrected chi connectivity index (χ3v) is 1.58. The van der Waals surface area contributed by atoms with Gasteiger partial charge in [-0.3, -0.25) is 9.88 Å². The lowest BCUT2D eigenvalue weighted by molar-refractivity contribution is -0.139. The Kier molecular flexibility index (Phi) is 5.09. The lowest BCUT2D eigenvalue weighted by Crippen LogP contribution is -2.34. The van der Waals surface area contributed by atoms with Gasteiger partial charge in [0.15, 0.2) is 0 Å². The van der Waals surface area contributed by atoms with Gasteiger partial charge in [-0.05, 0) is 0 Å². The maximum absolute atomic E-state index is 10.1. The Labute approximate surface area is 59.6 Å². The van der Waals surface area contributed by atoms with Gasteiger partial charge in [-0.25, -0.2) is 0 Å². The average molecular weight is 169 g/mol. The molecule has 3 N–H and O–H groups in total. The summed E-state index contributed by atoms with van der Waals surface area (Å²) in [6.07, 6.45) is 0. The van der Waals surface area contributed by atoms with Crippen LogP contribution in [0.4, 0.5) is 0 Å². The third kappa shape index (κ3) is 3.70. The maximum atomic E-state index is 10.1. The highest BCUT2D eigenvalue weighted by Crippen LogP contribution is 2.08. The molecule has 0 aromatic carbocycles. The molecule has 2 unspecified atom stereocenters. The van der Waals surface area contributed by atoms with Crippen molar-refractivity contribution in [3.8, 4) is 0 Å². The number of hydrogen-bond acceptors (Lipinski definition) is 4. The number of aliphatic hydroxyl groups is 1. The second kappa shape index (κ2) is 4.99. The van der Waals surface area contributed by atoms with Crippen molar-refractivity contribution in [2.75, 3.05) is 6.61 Å². The Balaban J connectivity index is 3.54. The molecule has 0 aromatic rings. The van der Waals surface area contributed by atoms with Gasteiger partial charge in [-0.15, -0.1) is 12.2 Å². The normalized spacial score (nSPS) is 14.4. The first kappa shape index (κ1) is 9.17. The topological polar surface area (TPSA) is 69.6 Å². The molecule has 2 atom stereocenters. The fourth-order valence-electron chi connectivity index (χ4n) is 0.263. The molecule has 0 amide bonds. The zero-order valence-electron chi connectivity index (χ0n) is 4.53. The van der Waals surface area contributed by atoms with Crippen molar-refractivity contribution in [2.45, 2.75) is 6.04 Å². The number of carbonyl (C=O) groups is 1. The number of hydrogen-bond donors (Lipinski definition) is 4. The summed E-state index contributed by atoms with van der Waals surface area (Å²) in [5.41, 5.74) is 0. The van der Waals surface area contributed by atoms with Crippen molar-refractivity contribution < 1.29 is 15.0 Å². The zero-order chi connectivity index (χ0) is 7.28. The number of aliphatic hydroxyl groups excluding tert-OH is 1. The molecular formula is C3H8NO3PS. The Morgan fingerprint density at radius 1 is 1.89 bits per heavy atom. The van der Waals surface area contributed by atoms with Crippen LogP contribution in [0, 0.1) is 0 Å². The first-order chi connectivity index (χ1) is 4.22. The van der Waals surface area contributed by atoms with Gasteiger partial charge in [0.05, 0.1) is 6.61 Å². The van der Waals surface area contributed by atoms with Crippen LogP contribution in [0.1, 0.15) is 0 Å². The van der Waals surface area contributed by atoms with E-state index in [0.717, 1.165) is 0 Å². The number of rotatable bonds is 4. The predicted molar refractivity (Wildman–Crippen MR) is 38.9 cm³/mol. The quantitative estimate of drug-likeness (QED) is 0.337. The second-order valence-electron chi connectivity index (χ2n) is 1.33. The molecular weight excluding hydrogens is 161 g/mol. The standard InChI is InChI=1S/C3H8NO3PS/c5-1-2(3(6)7)4-8-9/h2,4-5,8-9H,1H2,(H,6,7). The van der Waals surface area contributed by atoms with E-state index in [2.05, 4.69) is 17.3 Å². The largest absolute Gasteiger partial charge is 0.480 e. The molecule has 0 heterocycles. The molecule has 0 spiro atoms. The molecule has 0 aliphatic carbocycles. The summed E-state index contributed by atoms with van der Waals surface area (Å²) < 4.78 is 0. The lowest BCUT2D eigenvalue weighted by Gasteiger charge is -2.06. The highest BCUT2D eigenvalue weighted by Gasteiger charge is 2.13. The highest BCUT2D eigenvalue weighted by atomic mass is 32.7. The fourth-order valence-corrected chi connectivity index (χ4v) is 1.10. The van der Waals surface area contributed by atoms with Crippen LogP contribution in [0.5, 0.6) is 0 Å². The van der Waals surface area contributed by atoms with Crippen LogP contribution in [-0.2, 0) is 4.79 Å². The van der Waals surface area contributed by atoms with E-state index < -0.39 is 18.6 Å². The van der Waals surface area contributed by atoms with Crippen LogP contribution in [0.3, 0.4) is 0 Å². The molecule has 0 radical (unpaired) electrons. The lowest BCUT2D eigenvalue weighted by atomic mass is 10.3. The Morgan fingerprint density at radius 3 is 2.56 bits per heavy atom. The van der Waals surface area contributed by atoms with Crippen LogP contribution in [0.2, 0.25) is 0 Å². The summed E-state index contributed by atoms with van der Waals surface area (Å²) in [5, 5.41) is 19.1. The molecule has 0 bridgehead atoms. The monoisotopic (exact) mass is 169 g/mol. The highest BCUT2D eigenvalue weighted by molar-refractivity contribution is 8.37. The van der Waals surface area contributed by atoms with Gasteiger partial charge >= 0.3 is 5.97 Å². The molecule has 0 aliphatic rings. The Hall–Kier alpha value is 0.170. The summed E-state index contributed by atoms with van der Waals surface area (Å²) in [4.78, 5) is 10.1. The molecule has 0 fully saturated rings. The van der Waals surface area contributed by atoms with Gasteiger partial charge in [-0.2, -0.15) is 0 Å². The van der Waals surface area contributed by atoms with E-state index in [-0.39, 0.29) is 7.93 Å². The van der Waals surface area contributed by atoms with Gasteiger partial charge in [0.2, 0.25) is 0 Å². The smallest absolute Gasteiger partial charge is 0.323 e. The van der Waals surface area contributed by atoms with E-state index in [4.69, 9.17) is 10.2 Å².